The van der Waals surface area contributed by atoms with Crippen molar-refractivity contribution in [1.82, 2.24) is 4.90 Å². The molecule has 2 rings (SSSR count). The summed E-state index contributed by atoms with van der Waals surface area (Å²) < 4.78 is 5.17. The molecule has 0 aromatic rings. The van der Waals surface area contributed by atoms with Crippen molar-refractivity contribution in [2.24, 2.45) is 5.92 Å². The summed E-state index contributed by atoms with van der Waals surface area (Å²) in [5.41, 5.74) is 1.41. The molecule has 0 spiro atoms. The molecule has 2 saturated heterocycles. The van der Waals surface area contributed by atoms with Crippen LogP contribution in [0.1, 0.15) is 12.8 Å². The first kappa shape index (κ1) is 8.27. The maximum absolute atomic E-state index is 5.17. The number of ether oxygens (including phenoxy) is 1. The summed E-state index contributed by atoms with van der Waals surface area (Å²) in [6.07, 6.45) is 2.53. The van der Waals surface area contributed by atoms with E-state index in [9.17, 15) is 0 Å². The van der Waals surface area contributed by atoms with Gasteiger partial charge in [0.15, 0.2) is 0 Å². The molecule has 2 heteroatoms. The Morgan fingerprint density at radius 2 is 2.50 bits per heavy atom. The van der Waals surface area contributed by atoms with E-state index in [-0.39, 0.29) is 0 Å². The second-order valence-corrected chi connectivity index (χ2v) is 4.09. The van der Waals surface area contributed by atoms with Gasteiger partial charge in [0.1, 0.15) is 0 Å². The largest absolute Gasteiger partial charge is 0.384 e. The Hall–Kier alpha value is -0.340. The lowest BCUT2D eigenvalue weighted by atomic mass is 10.0. The van der Waals surface area contributed by atoms with Crippen LogP contribution in [-0.4, -0.2) is 37.7 Å². The Labute approximate surface area is 74.2 Å². The van der Waals surface area contributed by atoms with Gasteiger partial charge in [0.2, 0.25) is 0 Å². The summed E-state index contributed by atoms with van der Waals surface area (Å²) >= 11 is 0. The van der Waals surface area contributed by atoms with Gasteiger partial charge in [-0.15, -0.1) is 0 Å². The number of hydrogen-bond donors (Lipinski definition) is 0. The van der Waals surface area contributed by atoms with Crippen LogP contribution < -0.4 is 0 Å². The minimum absolute atomic E-state index is 0.771. The topological polar surface area (TPSA) is 12.5 Å². The third-order valence-corrected chi connectivity index (χ3v) is 2.97. The fourth-order valence-corrected chi connectivity index (χ4v) is 2.54. The predicted octanol–water partition coefficient (Wildman–Crippen LogP) is 1.28. The lowest BCUT2D eigenvalue weighted by Gasteiger charge is -2.12. The Morgan fingerprint density at radius 3 is 3.17 bits per heavy atom. The van der Waals surface area contributed by atoms with E-state index < -0.39 is 0 Å². The first-order valence-corrected chi connectivity index (χ1v) is 4.69. The molecule has 0 aromatic carbocycles. The fraction of sp³-hybridized carbons (Fsp3) is 0.800. The molecule has 0 bridgehead atoms. The molecule has 12 heavy (non-hydrogen) atoms. The molecule has 68 valence electrons. The quantitative estimate of drug-likeness (QED) is 0.574. The van der Waals surface area contributed by atoms with Crippen molar-refractivity contribution in [1.29, 1.82) is 0 Å². The zero-order chi connectivity index (χ0) is 8.55. The number of rotatable bonds is 2. The zero-order valence-corrected chi connectivity index (χ0v) is 7.75. The second kappa shape index (κ2) is 3.19. The van der Waals surface area contributed by atoms with Crippen molar-refractivity contribution in [3.8, 4) is 0 Å². The smallest absolute Gasteiger partial charge is 0.0503 e. The van der Waals surface area contributed by atoms with Crippen LogP contribution in [0, 0.1) is 5.92 Å². The molecule has 0 radical (unpaired) electrons. The molecule has 2 nitrogen and oxygen atoms in total. The van der Waals surface area contributed by atoms with E-state index in [4.69, 9.17) is 4.74 Å². The molecule has 0 saturated carbocycles. The van der Waals surface area contributed by atoms with Gasteiger partial charge in [0.05, 0.1) is 6.61 Å². The van der Waals surface area contributed by atoms with E-state index in [1.165, 1.54) is 25.0 Å². The minimum atomic E-state index is 0.771. The normalized spacial score (nSPS) is 35.9. The third-order valence-electron chi connectivity index (χ3n) is 2.97. The zero-order valence-electron chi connectivity index (χ0n) is 7.75. The van der Waals surface area contributed by atoms with Gasteiger partial charge < -0.3 is 4.74 Å². The van der Waals surface area contributed by atoms with Gasteiger partial charge in [-0.25, -0.2) is 0 Å². The lowest BCUT2D eigenvalue weighted by Crippen LogP contribution is -2.23. The van der Waals surface area contributed by atoms with Crippen molar-refractivity contribution >= 4 is 0 Å². The maximum atomic E-state index is 5.17. The van der Waals surface area contributed by atoms with Crippen LogP contribution in [0.25, 0.3) is 0 Å². The van der Waals surface area contributed by atoms with Gasteiger partial charge in [-0.05, 0) is 18.8 Å². The van der Waals surface area contributed by atoms with Crippen LogP contribution >= 0.6 is 0 Å². The molecule has 2 fully saturated rings. The van der Waals surface area contributed by atoms with Gasteiger partial charge >= 0.3 is 0 Å². The first-order valence-electron chi connectivity index (χ1n) is 4.69. The fourth-order valence-electron chi connectivity index (χ4n) is 2.54. The Balaban J connectivity index is 1.89. The lowest BCUT2D eigenvalue weighted by molar-refractivity contribution is 0.154. The molecule has 2 aliphatic rings. The molecular weight excluding hydrogens is 150 g/mol. The van der Waals surface area contributed by atoms with Gasteiger partial charge in [-0.1, -0.05) is 12.2 Å². The Bertz CT molecular complexity index is 174. The molecule has 0 N–H and O–H groups in total. The summed E-state index contributed by atoms with van der Waals surface area (Å²) in [4.78, 5) is 2.55. The van der Waals surface area contributed by atoms with Gasteiger partial charge in [-0.2, -0.15) is 0 Å². The summed E-state index contributed by atoms with van der Waals surface area (Å²) in [6, 6.07) is 0.789. The number of methoxy groups -OCH3 is 1. The minimum Gasteiger partial charge on any atom is -0.384 e. The van der Waals surface area contributed by atoms with Crippen molar-refractivity contribution in [3.05, 3.63) is 12.2 Å². The number of nitrogens with zero attached hydrogens (tertiary/aromatic N) is 1. The van der Waals surface area contributed by atoms with Crippen LogP contribution in [0.15, 0.2) is 12.2 Å². The molecule has 0 unspecified atom stereocenters. The van der Waals surface area contributed by atoms with Crippen LogP contribution in [0.3, 0.4) is 0 Å². The first-order chi connectivity index (χ1) is 5.79. The third kappa shape index (κ3) is 1.41. The Kier molecular flexibility index (Phi) is 2.20. The average Bonchev–Trinajstić information content (AvgIpc) is 2.44. The molecule has 2 atom stereocenters. The SMILES string of the molecule is C=C1C[C@H]2C[C@H](COC)CN2C1. The van der Waals surface area contributed by atoms with E-state index in [1.807, 2.05) is 0 Å². The standard InChI is InChI=1S/C10H17NO/c1-8-3-10-4-9(7-12-2)6-11(10)5-8/h9-10H,1,3-7H2,2H3/t9-,10-/m0/s1. The summed E-state index contributed by atoms with van der Waals surface area (Å²) in [7, 11) is 1.79. The molecule has 2 heterocycles. The highest BCUT2D eigenvalue weighted by molar-refractivity contribution is 5.10. The van der Waals surface area contributed by atoms with Gasteiger partial charge in [-0.3, -0.25) is 4.90 Å². The Morgan fingerprint density at radius 1 is 1.67 bits per heavy atom. The van der Waals surface area contributed by atoms with Crippen molar-refractivity contribution in [3.63, 3.8) is 0 Å². The van der Waals surface area contributed by atoms with Crippen LogP contribution in [0.4, 0.5) is 0 Å². The molecule has 2 aliphatic heterocycles. The molecule has 0 aliphatic carbocycles. The van der Waals surface area contributed by atoms with Gasteiger partial charge in [0, 0.05) is 26.2 Å². The van der Waals surface area contributed by atoms with Crippen molar-refractivity contribution < 1.29 is 4.74 Å². The van der Waals surface area contributed by atoms with E-state index in [0.717, 1.165) is 25.1 Å². The highest BCUT2D eigenvalue weighted by Crippen LogP contribution is 2.33. The summed E-state index contributed by atoms with van der Waals surface area (Å²) in [6.45, 7) is 7.31. The number of fused-ring (bicyclic) bond motifs is 1. The van der Waals surface area contributed by atoms with Crippen LogP contribution in [0.2, 0.25) is 0 Å². The molecule has 0 amide bonds. The van der Waals surface area contributed by atoms with Crippen LogP contribution in [-0.2, 0) is 4.74 Å². The monoisotopic (exact) mass is 167 g/mol. The predicted molar refractivity (Wildman–Crippen MR) is 49.1 cm³/mol. The van der Waals surface area contributed by atoms with Crippen molar-refractivity contribution in [2.75, 3.05) is 26.8 Å². The average molecular weight is 167 g/mol. The van der Waals surface area contributed by atoms with Crippen LogP contribution in [0.5, 0.6) is 0 Å². The van der Waals surface area contributed by atoms with Crippen molar-refractivity contribution in [2.45, 2.75) is 18.9 Å². The van der Waals surface area contributed by atoms with Gasteiger partial charge in [0.25, 0.3) is 0 Å². The second-order valence-electron chi connectivity index (χ2n) is 4.09. The molecule has 0 aromatic heterocycles. The van der Waals surface area contributed by atoms with E-state index in [1.54, 1.807) is 7.11 Å². The highest BCUT2D eigenvalue weighted by atomic mass is 16.5. The number of hydrogen-bond acceptors (Lipinski definition) is 2. The molecular formula is C10H17NO. The van der Waals surface area contributed by atoms with E-state index >= 15 is 0 Å². The maximum Gasteiger partial charge on any atom is 0.0503 e. The summed E-state index contributed by atoms with van der Waals surface area (Å²) in [5.74, 6) is 0.771. The highest BCUT2D eigenvalue weighted by Gasteiger charge is 2.36. The summed E-state index contributed by atoms with van der Waals surface area (Å²) in [5, 5.41) is 0. The van der Waals surface area contributed by atoms with E-state index in [0.29, 0.717) is 0 Å². The van der Waals surface area contributed by atoms with E-state index in [2.05, 4.69) is 11.5 Å².